The zero-order valence-electron chi connectivity index (χ0n) is 13.7. The van der Waals surface area contributed by atoms with E-state index in [0.717, 1.165) is 32.5 Å². The van der Waals surface area contributed by atoms with E-state index in [0.29, 0.717) is 6.04 Å². The Labute approximate surface area is 147 Å². The second-order valence-corrected chi connectivity index (χ2v) is 7.12. The standard InChI is InChI=1S/C19H23N3OS/c20-19(23)22-12-10-16(11-13-22)21-14-15-6-4-5-9-18(15)24-17-7-2-1-3-8-17/h1-9,16,21H,10-14H2,(H2,20,23). The predicted molar refractivity (Wildman–Crippen MR) is 98.0 cm³/mol. The van der Waals surface area contributed by atoms with E-state index in [9.17, 15) is 4.79 Å². The van der Waals surface area contributed by atoms with Gasteiger partial charge >= 0.3 is 6.03 Å². The van der Waals surface area contributed by atoms with Crippen molar-refractivity contribution in [3.05, 3.63) is 60.2 Å². The quantitative estimate of drug-likeness (QED) is 0.875. The highest BCUT2D eigenvalue weighted by atomic mass is 32.2. The molecule has 0 bridgehead atoms. The molecule has 1 heterocycles. The Kier molecular flexibility index (Phi) is 5.77. The molecule has 1 aliphatic heterocycles. The molecule has 4 nitrogen and oxygen atoms in total. The monoisotopic (exact) mass is 341 g/mol. The predicted octanol–water partition coefficient (Wildman–Crippen LogP) is 3.47. The number of primary amides is 1. The van der Waals surface area contributed by atoms with Crippen LogP contribution < -0.4 is 11.1 Å². The molecular weight excluding hydrogens is 318 g/mol. The summed E-state index contributed by atoms with van der Waals surface area (Å²) in [7, 11) is 0. The third-order valence-corrected chi connectivity index (χ3v) is 5.46. The highest BCUT2D eigenvalue weighted by molar-refractivity contribution is 7.99. The molecule has 1 aliphatic rings. The first kappa shape index (κ1) is 16.9. The summed E-state index contributed by atoms with van der Waals surface area (Å²) < 4.78 is 0. The third kappa shape index (κ3) is 4.52. The Hall–Kier alpha value is -1.98. The molecule has 2 amide bonds. The molecule has 0 spiro atoms. The van der Waals surface area contributed by atoms with Gasteiger partial charge in [-0.25, -0.2) is 4.79 Å². The molecule has 0 saturated carbocycles. The number of nitrogens with zero attached hydrogens (tertiary/aromatic N) is 1. The SMILES string of the molecule is NC(=O)N1CCC(NCc2ccccc2Sc2ccccc2)CC1. The van der Waals surface area contributed by atoms with Gasteiger partial charge in [-0.3, -0.25) is 0 Å². The Morgan fingerprint density at radius 3 is 2.46 bits per heavy atom. The van der Waals surface area contributed by atoms with Gasteiger partial charge in [0.05, 0.1) is 0 Å². The third-order valence-electron chi connectivity index (χ3n) is 4.33. The first-order valence-electron chi connectivity index (χ1n) is 8.31. The number of nitrogens with two attached hydrogens (primary N) is 1. The molecule has 0 atom stereocenters. The summed E-state index contributed by atoms with van der Waals surface area (Å²) in [6.07, 6.45) is 1.91. The maximum Gasteiger partial charge on any atom is 0.314 e. The van der Waals surface area contributed by atoms with Crippen molar-refractivity contribution in [3.63, 3.8) is 0 Å². The molecule has 24 heavy (non-hydrogen) atoms. The molecule has 3 rings (SSSR count). The molecule has 1 saturated heterocycles. The molecule has 126 valence electrons. The van der Waals surface area contributed by atoms with Crippen LogP contribution in [0, 0.1) is 0 Å². The van der Waals surface area contributed by atoms with Crippen LogP contribution in [-0.2, 0) is 6.54 Å². The molecule has 2 aromatic rings. The zero-order valence-corrected chi connectivity index (χ0v) is 14.5. The van der Waals surface area contributed by atoms with Crippen molar-refractivity contribution < 1.29 is 4.79 Å². The van der Waals surface area contributed by atoms with Crippen LogP contribution in [0.4, 0.5) is 4.79 Å². The van der Waals surface area contributed by atoms with Crippen LogP contribution in [-0.4, -0.2) is 30.1 Å². The summed E-state index contributed by atoms with van der Waals surface area (Å²) in [5.41, 5.74) is 6.64. The van der Waals surface area contributed by atoms with Gasteiger partial charge in [0.2, 0.25) is 0 Å². The van der Waals surface area contributed by atoms with Crippen molar-refractivity contribution >= 4 is 17.8 Å². The van der Waals surface area contributed by atoms with E-state index >= 15 is 0 Å². The summed E-state index contributed by atoms with van der Waals surface area (Å²) in [6.45, 7) is 2.33. The van der Waals surface area contributed by atoms with Crippen LogP contribution in [0.1, 0.15) is 18.4 Å². The molecule has 0 aliphatic carbocycles. The summed E-state index contributed by atoms with van der Waals surface area (Å²) in [6, 6.07) is 19.1. The molecule has 2 aromatic carbocycles. The Morgan fingerprint density at radius 1 is 1.08 bits per heavy atom. The number of urea groups is 1. The van der Waals surface area contributed by atoms with Gasteiger partial charge in [0.15, 0.2) is 0 Å². The number of hydrogen-bond acceptors (Lipinski definition) is 3. The normalized spacial score (nSPS) is 15.4. The number of carbonyl (C=O) groups excluding carboxylic acids is 1. The topological polar surface area (TPSA) is 58.4 Å². The lowest BCUT2D eigenvalue weighted by Gasteiger charge is -2.31. The van der Waals surface area contributed by atoms with Crippen molar-refractivity contribution in [2.75, 3.05) is 13.1 Å². The van der Waals surface area contributed by atoms with Crippen molar-refractivity contribution in [2.45, 2.75) is 35.2 Å². The van der Waals surface area contributed by atoms with Gasteiger partial charge in [-0.15, -0.1) is 0 Å². The molecule has 0 aromatic heterocycles. The zero-order chi connectivity index (χ0) is 16.8. The Morgan fingerprint density at radius 2 is 1.75 bits per heavy atom. The fourth-order valence-corrected chi connectivity index (χ4v) is 3.89. The van der Waals surface area contributed by atoms with Crippen molar-refractivity contribution in [1.29, 1.82) is 0 Å². The Bertz CT molecular complexity index is 669. The first-order valence-corrected chi connectivity index (χ1v) is 9.12. The van der Waals surface area contributed by atoms with Crippen LogP contribution in [0.5, 0.6) is 0 Å². The van der Waals surface area contributed by atoms with E-state index in [-0.39, 0.29) is 6.03 Å². The number of piperidine rings is 1. The largest absolute Gasteiger partial charge is 0.351 e. The first-order chi connectivity index (χ1) is 11.7. The smallest absolute Gasteiger partial charge is 0.314 e. The van der Waals surface area contributed by atoms with Gasteiger partial charge in [-0.2, -0.15) is 0 Å². The number of hydrogen-bond donors (Lipinski definition) is 2. The summed E-state index contributed by atoms with van der Waals surface area (Å²) >= 11 is 1.80. The second kappa shape index (κ2) is 8.22. The van der Waals surface area contributed by atoms with E-state index in [2.05, 4.69) is 53.8 Å². The summed E-state index contributed by atoms with van der Waals surface area (Å²) in [5.74, 6) is 0. The van der Waals surface area contributed by atoms with Crippen LogP contribution in [0.15, 0.2) is 64.4 Å². The lowest BCUT2D eigenvalue weighted by Crippen LogP contribution is -2.46. The minimum atomic E-state index is -0.307. The highest BCUT2D eigenvalue weighted by Gasteiger charge is 2.20. The summed E-state index contributed by atoms with van der Waals surface area (Å²) in [5, 5.41) is 3.63. The minimum Gasteiger partial charge on any atom is -0.351 e. The average molecular weight is 341 g/mol. The van der Waals surface area contributed by atoms with Crippen LogP contribution in [0.2, 0.25) is 0 Å². The van der Waals surface area contributed by atoms with Crippen LogP contribution >= 0.6 is 11.8 Å². The van der Waals surface area contributed by atoms with E-state index < -0.39 is 0 Å². The molecular formula is C19H23N3OS. The highest BCUT2D eigenvalue weighted by Crippen LogP contribution is 2.30. The van der Waals surface area contributed by atoms with Gasteiger partial charge in [0.25, 0.3) is 0 Å². The van der Waals surface area contributed by atoms with Crippen molar-refractivity contribution in [2.24, 2.45) is 5.73 Å². The molecule has 1 fully saturated rings. The van der Waals surface area contributed by atoms with Gasteiger partial charge in [-0.05, 0) is 36.6 Å². The number of likely N-dealkylation sites (tertiary alicyclic amines) is 1. The fraction of sp³-hybridized carbons (Fsp3) is 0.316. The van der Waals surface area contributed by atoms with Gasteiger partial charge in [0, 0.05) is 35.5 Å². The van der Waals surface area contributed by atoms with Gasteiger partial charge in [-0.1, -0.05) is 48.2 Å². The number of benzene rings is 2. The lowest BCUT2D eigenvalue weighted by molar-refractivity contribution is 0.185. The van der Waals surface area contributed by atoms with Crippen molar-refractivity contribution in [3.8, 4) is 0 Å². The number of nitrogens with one attached hydrogen (secondary N) is 1. The number of rotatable bonds is 5. The van der Waals surface area contributed by atoms with E-state index in [1.54, 1.807) is 16.7 Å². The Balaban J connectivity index is 1.57. The van der Waals surface area contributed by atoms with E-state index in [4.69, 9.17) is 5.73 Å². The second-order valence-electron chi connectivity index (χ2n) is 6.00. The van der Waals surface area contributed by atoms with Crippen molar-refractivity contribution in [1.82, 2.24) is 10.2 Å². The van der Waals surface area contributed by atoms with E-state index in [1.807, 2.05) is 6.07 Å². The van der Waals surface area contributed by atoms with Crippen LogP contribution in [0.25, 0.3) is 0 Å². The van der Waals surface area contributed by atoms with Crippen LogP contribution in [0.3, 0.4) is 0 Å². The summed E-state index contributed by atoms with van der Waals surface area (Å²) in [4.78, 5) is 15.4. The fourth-order valence-electron chi connectivity index (χ4n) is 2.92. The molecule has 0 radical (unpaired) electrons. The molecule has 5 heteroatoms. The van der Waals surface area contributed by atoms with E-state index in [1.165, 1.54) is 15.4 Å². The lowest BCUT2D eigenvalue weighted by atomic mass is 10.0. The van der Waals surface area contributed by atoms with Gasteiger partial charge < -0.3 is 16.0 Å². The maximum absolute atomic E-state index is 11.2. The maximum atomic E-state index is 11.2. The number of amides is 2. The minimum absolute atomic E-state index is 0.307. The molecule has 0 unspecified atom stereocenters. The molecule has 3 N–H and O–H groups in total. The van der Waals surface area contributed by atoms with Gasteiger partial charge in [0.1, 0.15) is 0 Å². The number of carbonyl (C=O) groups is 1. The average Bonchev–Trinajstić information content (AvgIpc) is 2.62.